The van der Waals surface area contributed by atoms with E-state index in [4.69, 9.17) is 0 Å². The van der Waals surface area contributed by atoms with Gasteiger partial charge in [-0.2, -0.15) is 0 Å². The summed E-state index contributed by atoms with van der Waals surface area (Å²) in [5.41, 5.74) is 3.50. The Kier molecular flexibility index (Phi) is 2.90. The van der Waals surface area contributed by atoms with Crippen LogP contribution in [0.2, 0.25) is 0 Å². The van der Waals surface area contributed by atoms with Crippen LogP contribution in [0.15, 0.2) is 53.6 Å². The standard InChI is InChI=1S/C17H15N5O/c1-21-14-8-7-11(9-15(14)22(2)17(21)23)20-16-12-5-3-4-6-13(12)18-10-19-16/h3-10H,1-2H3,(H,18,19,20). The summed E-state index contributed by atoms with van der Waals surface area (Å²) in [6.45, 7) is 0. The highest BCUT2D eigenvalue weighted by atomic mass is 16.1. The third-order valence-corrected chi connectivity index (χ3v) is 4.08. The molecular formula is C17H15N5O. The van der Waals surface area contributed by atoms with Crippen LogP contribution in [0.25, 0.3) is 21.9 Å². The molecule has 4 aromatic rings. The normalized spacial score (nSPS) is 11.2. The van der Waals surface area contributed by atoms with Gasteiger partial charge in [-0.3, -0.25) is 9.13 Å². The highest BCUT2D eigenvalue weighted by Gasteiger charge is 2.09. The number of benzene rings is 2. The van der Waals surface area contributed by atoms with Crippen molar-refractivity contribution < 1.29 is 0 Å². The van der Waals surface area contributed by atoms with E-state index in [9.17, 15) is 4.79 Å². The molecule has 0 aliphatic rings. The number of aromatic nitrogens is 4. The second-order valence-electron chi connectivity index (χ2n) is 5.47. The van der Waals surface area contributed by atoms with Crippen LogP contribution in [0, 0.1) is 0 Å². The van der Waals surface area contributed by atoms with Gasteiger partial charge in [0, 0.05) is 25.2 Å². The van der Waals surface area contributed by atoms with E-state index >= 15 is 0 Å². The van der Waals surface area contributed by atoms with Crippen LogP contribution in [0.5, 0.6) is 0 Å². The quantitative estimate of drug-likeness (QED) is 0.618. The molecule has 0 amide bonds. The van der Waals surface area contributed by atoms with Crippen LogP contribution < -0.4 is 11.0 Å². The lowest BCUT2D eigenvalue weighted by Crippen LogP contribution is -2.19. The lowest BCUT2D eigenvalue weighted by Gasteiger charge is -2.08. The summed E-state index contributed by atoms with van der Waals surface area (Å²) in [4.78, 5) is 20.6. The largest absolute Gasteiger partial charge is 0.340 e. The molecule has 0 saturated carbocycles. The molecule has 0 aliphatic heterocycles. The number of fused-ring (bicyclic) bond motifs is 2. The third kappa shape index (κ3) is 2.07. The monoisotopic (exact) mass is 305 g/mol. The Morgan fingerprint density at radius 3 is 2.61 bits per heavy atom. The maximum absolute atomic E-state index is 12.0. The van der Waals surface area contributed by atoms with Gasteiger partial charge in [-0.05, 0) is 30.3 Å². The number of anilines is 2. The van der Waals surface area contributed by atoms with E-state index in [0.29, 0.717) is 0 Å². The first kappa shape index (κ1) is 13.5. The highest BCUT2D eigenvalue weighted by molar-refractivity contribution is 5.91. The first-order valence-electron chi connectivity index (χ1n) is 7.27. The van der Waals surface area contributed by atoms with E-state index in [-0.39, 0.29) is 5.69 Å². The molecule has 0 fully saturated rings. The minimum absolute atomic E-state index is 0.0374. The molecule has 0 bridgehead atoms. The molecule has 0 aliphatic carbocycles. The Balaban J connectivity index is 1.83. The molecule has 4 rings (SSSR count). The fourth-order valence-electron chi connectivity index (χ4n) is 2.83. The van der Waals surface area contributed by atoms with Gasteiger partial charge in [0.1, 0.15) is 12.1 Å². The smallest absolute Gasteiger partial charge is 0.328 e. The second kappa shape index (κ2) is 4.95. The average Bonchev–Trinajstić information content (AvgIpc) is 2.80. The van der Waals surface area contributed by atoms with E-state index in [1.165, 1.54) is 0 Å². The van der Waals surface area contributed by atoms with Crippen molar-refractivity contribution in [2.75, 3.05) is 5.32 Å². The zero-order chi connectivity index (χ0) is 16.0. The van der Waals surface area contributed by atoms with Crippen molar-refractivity contribution in [3.63, 3.8) is 0 Å². The first-order valence-corrected chi connectivity index (χ1v) is 7.27. The molecule has 114 valence electrons. The van der Waals surface area contributed by atoms with Gasteiger partial charge in [0.25, 0.3) is 0 Å². The first-order chi connectivity index (χ1) is 11.1. The Labute approximate surface area is 132 Å². The minimum atomic E-state index is -0.0374. The zero-order valence-corrected chi connectivity index (χ0v) is 12.8. The van der Waals surface area contributed by atoms with Crippen LogP contribution in [0.1, 0.15) is 0 Å². The number of imidazole rings is 1. The molecule has 6 heteroatoms. The maximum atomic E-state index is 12.0. The molecular weight excluding hydrogens is 290 g/mol. The number of para-hydroxylation sites is 1. The van der Waals surface area contributed by atoms with E-state index in [1.54, 1.807) is 29.6 Å². The number of nitrogens with zero attached hydrogens (tertiary/aromatic N) is 4. The highest BCUT2D eigenvalue weighted by Crippen LogP contribution is 2.24. The summed E-state index contributed by atoms with van der Waals surface area (Å²) < 4.78 is 3.28. The van der Waals surface area contributed by atoms with E-state index in [0.717, 1.165) is 33.4 Å². The van der Waals surface area contributed by atoms with Gasteiger partial charge >= 0.3 is 5.69 Å². The van der Waals surface area contributed by atoms with Gasteiger partial charge in [-0.1, -0.05) is 12.1 Å². The maximum Gasteiger partial charge on any atom is 0.328 e. The predicted molar refractivity (Wildman–Crippen MR) is 91.0 cm³/mol. The van der Waals surface area contributed by atoms with Gasteiger partial charge in [0.15, 0.2) is 0 Å². The SMILES string of the molecule is Cn1c(=O)n(C)c2cc(Nc3ncnc4ccccc34)ccc21. The lowest BCUT2D eigenvalue weighted by molar-refractivity contribution is 0.795. The van der Waals surface area contributed by atoms with Gasteiger partial charge in [0.2, 0.25) is 0 Å². The summed E-state index contributed by atoms with van der Waals surface area (Å²) >= 11 is 0. The number of hydrogen-bond acceptors (Lipinski definition) is 4. The molecule has 0 radical (unpaired) electrons. The number of rotatable bonds is 2. The minimum Gasteiger partial charge on any atom is -0.340 e. The van der Waals surface area contributed by atoms with Crippen molar-refractivity contribution >= 4 is 33.4 Å². The van der Waals surface area contributed by atoms with Crippen molar-refractivity contribution in [1.29, 1.82) is 0 Å². The molecule has 23 heavy (non-hydrogen) atoms. The second-order valence-corrected chi connectivity index (χ2v) is 5.47. The molecule has 0 atom stereocenters. The molecule has 0 saturated heterocycles. The van der Waals surface area contributed by atoms with Crippen LogP contribution in [0.4, 0.5) is 11.5 Å². The summed E-state index contributed by atoms with van der Waals surface area (Å²) in [6.07, 6.45) is 1.54. The van der Waals surface area contributed by atoms with Gasteiger partial charge < -0.3 is 5.32 Å². The van der Waals surface area contributed by atoms with E-state index in [1.807, 2.05) is 42.5 Å². The Morgan fingerprint density at radius 2 is 1.74 bits per heavy atom. The molecule has 1 N–H and O–H groups in total. The zero-order valence-electron chi connectivity index (χ0n) is 12.8. The molecule has 6 nitrogen and oxygen atoms in total. The van der Waals surface area contributed by atoms with Gasteiger partial charge in [0.05, 0.1) is 16.6 Å². The summed E-state index contributed by atoms with van der Waals surface area (Å²) in [6, 6.07) is 13.7. The Hall–Kier alpha value is -3.15. The van der Waals surface area contributed by atoms with Crippen LogP contribution >= 0.6 is 0 Å². The van der Waals surface area contributed by atoms with Crippen molar-refractivity contribution in [3.05, 3.63) is 59.3 Å². The topological polar surface area (TPSA) is 64.7 Å². The van der Waals surface area contributed by atoms with Crippen LogP contribution in [-0.4, -0.2) is 19.1 Å². The summed E-state index contributed by atoms with van der Waals surface area (Å²) in [5.74, 6) is 0.746. The molecule has 2 aromatic heterocycles. The van der Waals surface area contributed by atoms with E-state index in [2.05, 4.69) is 15.3 Å². The molecule has 0 spiro atoms. The lowest BCUT2D eigenvalue weighted by atomic mass is 10.2. The fourth-order valence-corrected chi connectivity index (χ4v) is 2.83. The number of aryl methyl sites for hydroxylation is 2. The van der Waals surface area contributed by atoms with Crippen LogP contribution in [0.3, 0.4) is 0 Å². The summed E-state index contributed by atoms with van der Waals surface area (Å²) in [7, 11) is 3.55. The predicted octanol–water partition coefficient (Wildman–Crippen LogP) is 2.56. The third-order valence-electron chi connectivity index (χ3n) is 4.08. The van der Waals surface area contributed by atoms with Crippen molar-refractivity contribution in [2.45, 2.75) is 0 Å². The van der Waals surface area contributed by atoms with Gasteiger partial charge in [-0.25, -0.2) is 14.8 Å². The molecule has 2 heterocycles. The average molecular weight is 305 g/mol. The Morgan fingerprint density at radius 1 is 0.957 bits per heavy atom. The van der Waals surface area contributed by atoms with Gasteiger partial charge in [-0.15, -0.1) is 0 Å². The van der Waals surface area contributed by atoms with E-state index < -0.39 is 0 Å². The van der Waals surface area contributed by atoms with Crippen molar-refractivity contribution in [2.24, 2.45) is 14.1 Å². The Bertz CT molecular complexity index is 1090. The fraction of sp³-hybridized carbons (Fsp3) is 0.118. The molecule has 0 unspecified atom stereocenters. The van der Waals surface area contributed by atoms with Crippen LogP contribution in [-0.2, 0) is 14.1 Å². The summed E-state index contributed by atoms with van der Waals surface area (Å²) in [5, 5.41) is 4.27. The van der Waals surface area contributed by atoms with Crippen molar-refractivity contribution in [1.82, 2.24) is 19.1 Å². The number of nitrogens with one attached hydrogen (secondary N) is 1. The van der Waals surface area contributed by atoms with Crippen molar-refractivity contribution in [3.8, 4) is 0 Å². The number of hydrogen-bond donors (Lipinski definition) is 1. The molecule has 2 aromatic carbocycles.